The lowest BCUT2D eigenvalue weighted by Crippen LogP contribution is -2.35. The first-order chi connectivity index (χ1) is 20.5. The van der Waals surface area contributed by atoms with Crippen LogP contribution in [0.2, 0.25) is 0 Å². The summed E-state index contributed by atoms with van der Waals surface area (Å²) in [6.45, 7) is 11.3. The number of nitrogens with zero attached hydrogens (tertiary/aromatic N) is 2. The zero-order chi connectivity index (χ0) is 32.8. The summed E-state index contributed by atoms with van der Waals surface area (Å²) in [4.78, 5) is 19.7. The largest absolute Gasteiger partial charge is 0.394 e. The zero-order valence-corrected chi connectivity index (χ0v) is 27.2. The van der Waals surface area contributed by atoms with E-state index in [4.69, 9.17) is 4.74 Å². The molecule has 1 amide bonds. The van der Waals surface area contributed by atoms with Gasteiger partial charge in [0.2, 0.25) is 0 Å². The number of aromatic nitrogens is 1. The Hall–Kier alpha value is -2.54. The lowest BCUT2D eigenvalue weighted by atomic mass is 10.1. The van der Waals surface area contributed by atoms with Crippen LogP contribution >= 0.6 is 0 Å². The van der Waals surface area contributed by atoms with Crippen LogP contribution in [0.4, 0.5) is 13.2 Å². The second kappa shape index (κ2) is 22.9. The molecule has 0 radical (unpaired) electrons. The average molecular weight is 634 g/mol. The normalized spacial score (nSPS) is 15.2. The number of halogens is 3. The minimum Gasteiger partial charge on any atom is -0.394 e. The van der Waals surface area contributed by atoms with Gasteiger partial charge in [0.1, 0.15) is 0 Å². The molecule has 0 aliphatic carbocycles. The Bertz CT molecular complexity index is 1100. The Balaban J connectivity index is 0.00000174. The molecule has 2 heterocycles. The number of hydrogen-bond donors (Lipinski definition) is 2. The molecule has 2 N–H and O–H groups in total. The summed E-state index contributed by atoms with van der Waals surface area (Å²) in [5.41, 5.74) is 1.89. The summed E-state index contributed by atoms with van der Waals surface area (Å²) < 4.78 is 58.8. The van der Waals surface area contributed by atoms with Crippen molar-refractivity contribution in [3.8, 4) is 0 Å². The Kier molecular flexibility index (Phi) is 21.6. The number of rotatable bonds is 11. The third kappa shape index (κ3) is 16.2. The maximum absolute atomic E-state index is 12.7. The minimum absolute atomic E-state index is 0.0138. The molecular formula is C31H50F3N3O5S. The number of pyridine rings is 1. The van der Waals surface area contributed by atoms with E-state index in [1.165, 1.54) is 25.0 Å². The Morgan fingerprint density at radius 3 is 2.12 bits per heavy atom. The zero-order valence-electron chi connectivity index (χ0n) is 26.4. The van der Waals surface area contributed by atoms with Gasteiger partial charge < -0.3 is 15.2 Å². The van der Waals surface area contributed by atoms with Gasteiger partial charge in [-0.2, -0.15) is 13.2 Å². The van der Waals surface area contributed by atoms with Crippen molar-refractivity contribution in [2.75, 3.05) is 32.1 Å². The highest BCUT2D eigenvalue weighted by Crippen LogP contribution is 2.19. The van der Waals surface area contributed by atoms with Gasteiger partial charge in [-0.15, -0.1) is 0 Å². The van der Waals surface area contributed by atoms with Gasteiger partial charge in [-0.05, 0) is 55.6 Å². The lowest BCUT2D eigenvalue weighted by Gasteiger charge is -2.29. The topological polar surface area (TPSA) is 109 Å². The third-order valence-corrected chi connectivity index (χ3v) is 7.92. The molecule has 43 heavy (non-hydrogen) atoms. The molecule has 8 nitrogen and oxygen atoms in total. The molecule has 1 aromatic heterocycles. The maximum atomic E-state index is 12.7. The molecule has 1 aliphatic rings. The molecule has 12 heteroatoms. The van der Waals surface area contributed by atoms with E-state index in [0.29, 0.717) is 17.7 Å². The highest BCUT2D eigenvalue weighted by Gasteiger charge is 2.19. The molecule has 246 valence electrons. The first-order valence-electron chi connectivity index (χ1n) is 15.0. The molecule has 2 aromatic rings. The molecule has 2 unspecified atom stereocenters. The molecule has 1 saturated heterocycles. The number of carbonyl (C=O) groups excluding carboxylic acids is 1. The third-order valence-electron chi connectivity index (χ3n) is 6.17. The van der Waals surface area contributed by atoms with Gasteiger partial charge in [-0.25, -0.2) is 8.42 Å². The molecule has 2 atom stereocenters. The number of amides is 1. The minimum atomic E-state index is -3.67. The van der Waals surface area contributed by atoms with Crippen molar-refractivity contribution in [1.29, 1.82) is 0 Å². The Morgan fingerprint density at radius 1 is 1.07 bits per heavy atom. The van der Waals surface area contributed by atoms with Crippen molar-refractivity contribution in [1.82, 2.24) is 15.2 Å². The van der Waals surface area contributed by atoms with Crippen LogP contribution in [0.3, 0.4) is 0 Å². The Labute approximate surface area is 256 Å². The summed E-state index contributed by atoms with van der Waals surface area (Å²) in [6, 6.07) is 9.14. The van der Waals surface area contributed by atoms with E-state index in [1.807, 2.05) is 19.9 Å². The van der Waals surface area contributed by atoms with Crippen LogP contribution < -0.4 is 5.32 Å². The number of carbonyl (C=O) groups is 1. The fourth-order valence-corrected chi connectivity index (χ4v) is 4.86. The van der Waals surface area contributed by atoms with Gasteiger partial charge in [0.15, 0.2) is 9.84 Å². The van der Waals surface area contributed by atoms with Crippen LogP contribution in [-0.2, 0) is 21.1 Å². The van der Waals surface area contributed by atoms with E-state index in [1.54, 1.807) is 31.3 Å². The summed E-state index contributed by atoms with van der Waals surface area (Å²) in [5.74, 6) is -0.341. The van der Waals surface area contributed by atoms with E-state index < -0.39 is 22.6 Å². The van der Waals surface area contributed by atoms with E-state index in [9.17, 15) is 31.5 Å². The molecule has 0 saturated carbocycles. The first-order valence-corrected chi connectivity index (χ1v) is 16.6. The predicted octanol–water partition coefficient (Wildman–Crippen LogP) is 6.35. The SMILES string of the molecule is CC.CCC.CCN(Cc1ccc(C(=O)NC(CO)c2ccc(S(=O)(=O)CC)cc2)cn1)CC1CCCCO1.FC(F)F. The van der Waals surface area contributed by atoms with Crippen molar-refractivity contribution in [3.63, 3.8) is 0 Å². The monoisotopic (exact) mass is 633 g/mol. The number of sulfone groups is 1. The summed E-state index contributed by atoms with van der Waals surface area (Å²) in [7, 11) is -3.31. The van der Waals surface area contributed by atoms with Crippen molar-refractivity contribution in [2.45, 2.75) is 97.5 Å². The maximum Gasteiger partial charge on any atom is 0.379 e. The number of likely N-dealkylation sites (N-methyl/N-ethyl adjacent to an activating group) is 1. The van der Waals surface area contributed by atoms with Gasteiger partial charge in [-0.3, -0.25) is 14.7 Å². The number of aliphatic hydroxyl groups is 1. The molecule has 3 rings (SSSR count). The van der Waals surface area contributed by atoms with E-state index in [-0.39, 0.29) is 29.3 Å². The van der Waals surface area contributed by atoms with Crippen LogP contribution in [0.5, 0.6) is 0 Å². The molecule has 0 spiro atoms. The van der Waals surface area contributed by atoms with Crippen LogP contribution in [-0.4, -0.2) is 74.2 Å². The van der Waals surface area contributed by atoms with E-state index in [0.717, 1.165) is 38.2 Å². The van der Waals surface area contributed by atoms with Crippen molar-refractivity contribution >= 4 is 15.7 Å². The Morgan fingerprint density at radius 2 is 1.67 bits per heavy atom. The summed E-state index contributed by atoms with van der Waals surface area (Å²) in [6.07, 6.45) is 6.50. The number of ether oxygens (including phenoxy) is 1. The number of nitrogens with one attached hydrogen (secondary N) is 1. The van der Waals surface area contributed by atoms with Crippen LogP contribution in [0, 0.1) is 0 Å². The molecule has 1 aliphatic heterocycles. The predicted molar refractivity (Wildman–Crippen MR) is 165 cm³/mol. The van der Waals surface area contributed by atoms with Crippen molar-refractivity contribution in [2.24, 2.45) is 0 Å². The standard InChI is InChI=1S/C25H35N3O5S.C3H8.C2H6.CHF3/c1-3-28(17-22-7-5-6-14-33-22)16-21-11-8-20(15-26-21)25(30)27-24(18-29)19-9-12-23(13-10-19)34(31,32)4-2;1-3-2;1-2;2-1(3)4/h8-13,15,22,24,29H,3-7,14,16-18H2,1-2H3,(H,27,30);3H2,1-2H3;1-2H3;1H. The number of hydrogen-bond acceptors (Lipinski definition) is 7. The highest BCUT2D eigenvalue weighted by atomic mass is 32.2. The van der Waals surface area contributed by atoms with Crippen LogP contribution in [0.25, 0.3) is 0 Å². The lowest BCUT2D eigenvalue weighted by molar-refractivity contribution is -0.00642. The second-order valence-corrected chi connectivity index (χ2v) is 11.8. The van der Waals surface area contributed by atoms with Gasteiger partial charge in [0.05, 0.1) is 40.7 Å². The van der Waals surface area contributed by atoms with Gasteiger partial charge in [0, 0.05) is 25.9 Å². The van der Waals surface area contributed by atoms with Crippen LogP contribution in [0.1, 0.15) is 94.9 Å². The van der Waals surface area contributed by atoms with Gasteiger partial charge in [-0.1, -0.05) is 60.1 Å². The number of aliphatic hydroxyl groups excluding tert-OH is 1. The molecular weight excluding hydrogens is 583 g/mol. The van der Waals surface area contributed by atoms with E-state index in [2.05, 4.69) is 36.0 Å². The fraction of sp³-hybridized carbons (Fsp3) is 0.613. The van der Waals surface area contributed by atoms with Crippen molar-refractivity contribution in [3.05, 3.63) is 59.4 Å². The van der Waals surface area contributed by atoms with Gasteiger partial charge in [0.25, 0.3) is 5.91 Å². The second-order valence-electron chi connectivity index (χ2n) is 9.49. The van der Waals surface area contributed by atoms with E-state index >= 15 is 0 Å². The average Bonchev–Trinajstić information content (AvgIpc) is 3.01. The quantitative estimate of drug-likeness (QED) is 0.297. The van der Waals surface area contributed by atoms with Crippen molar-refractivity contribution < 1.29 is 36.2 Å². The smallest absolute Gasteiger partial charge is 0.379 e. The number of alkyl halides is 3. The van der Waals surface area contributed by atoms with Crippen LogP contribution in [0.15, 0.2) is 47.5 Å². The summed E-state index contributed by atoms with van der Waals surface area (Å²) in [5, 5.41) is 12.6. The van der Waals surface area contributed by atoms with Gasteiger partial charge >= 0.3 is 6.68 Å². The summed E-state index contributed by atoms with van der Waals surface area (Å²) >= 11 is 0. The molecule has 1 fully saturated rings. The fourth-order valence-electron chi connectivity index (χ4n) is 3.98. The molecule has 0 bridgehead atoms. The number of benzene rings is 1. The highest BCUT2D eigenvalue weighted by molar-refractivity contribution is 7.91. The molecule has 1 aromatic carbocycles. The first kappa shape index (κ1) is 40.5.